The number of primary amides is 1. The van der Waals surface area contributed by atoms with E-state index in [0.717, 1.165) is 0 Å². The summed E-state index contributed by atoms with van der Waals surface area (Å²) in [6, 6.07) is 4.23. The minimum absolute atomic E-state index is 0.113. The van der Waals surface area contributed by atoms with Crippen LogP contribution in [0.5, 0.6) is 0 Å². The molecule has 1 atom stereocenters. The Morgan fingerprint density at radius 3 is 2.84 bits per heavy atom. The minimum atomic E-state index is -0.689. The van der Waals surface area contributed by atoms with Crippen molar-refractivity contribution in [2.24, 2.45) is 5.73 Å². The zero-order valence-electron chi connectivity index (χ0n) is 10.3. The van der Waals surface area contributed by atoms with Crippen molar-refractivity contribution in [2.45, 2.75) is 19.1 Å². The summed E-state index contributed by atoms with van der Waals surface area (Å²) < 4.78 is 0. The van der Waals surface area contributed by atoms with Gasteiger partial charge in [0.15, 0.2) is 0 Å². The van der Waals surface area contributed by atoms with Gasteiger partial charge >= 0.3 is 0 Å². The van der Waals surface area contributed by atoms with E-state index in [2.05, 4.69) is 0 Å². The van der Waals surface area contributed by atoms with E-state index < -0.39 is 10.8 Å². The second-order valence-electron chi connectivity index (χ2n) is 4.64. The zero-order valence-corrected chi connectivity index (χ0v) is 10.3. The Morgan fingerprint density at radius 2 is 2.32 bits per heavy atom. The van der Waals surface area contributed by atoms with Crippen molar-refractivity contribution in [1.29, 1.82) is 0 Å². The van der Waals surface area contributed by atoms with E-state index in [-0.39, 0.29) is 17.4 Å². The third kappa shape index (κ3) is 3.07. The molecule has 0 aromatic heterocycles. The molecule has 0 saturated carbocycles. The highest BCUT2D eigenvalue weighted by molar-refractivity contribution is 5.93. The molecule has 0 bridgehead atoms. The van der Waals surface area contributed by atoms with Crippen molar-refractivity contribution in [3.05, 3.63) is 39.4 Å². The number of β-amino-alcohol motifs (C(OH)–C–C–N with tert-alkyl or cyclic N) is 1. The molecule has 7 heteroatoms. The third-order valence-corrected chi connectivity index (χ3v) is 3.21. The lowest BCUT2D eigenvalue weighted by molar-refractivity contribution is -0.385. The second kappa shape index (κ2) is 5.33. The van der Waals surface area contributed by atoms with Gasteiger partial charge in [-0.25, -0.2) is 0 Å². The zero-order chi connectivity index (χ0) is 14.0. The number of nitro benzene ring substituents is 1. The number of carbonyl (C=O) groups excluding carboxylic acids is 1. The maximum Gasteiger partial charge on any atom is 0.274 e. The SMILES string of the molecule is NC(=O)c1ccc(CN2CC[C@H](O)C2)c([N+](=O)[O-])c1. The van der Waals surface area contributed by atoms with Gasteiger partial charge in [-0.3, -0.25) is 19.8 Å². The highest BCUT2D eigenvalue weighted by Crippen LogP contribution is 2.23. The van der Waals surface area contributed by atoms with Gasteiger partial charge in [-0.05, 0) is 12.5 Å². The normalized spacial score (nSPS) is 19.5. The van der Waals surface area contributed by atoms with Crippen LogP contribution in [-0.2, 0) is 6.54 Å². The van der Waals surface area contributed by atoms with Gasteiger partial charge in [-0.1, -0.05) is 6.07 Å². The van der Waals surface area contributed by atoms with Crippen LogP contribution >= 0.6 is 0 Å². The number of amides is 1. The first-order valence-electron chi connectivity index (χ1n) is 5.95. The van der Waals surface area contributed by atoms with Gasteiger partial charge in [0, 0.05) is 36.8 Å². The van der Waals surface area contributed by atoms with E-state index in [4.69, 9.17) is 5.73 Å². The molecular formula is C12H15N3O4. The number of hydrogen-bond acceptors (Lipinski definition) is 5. The Balaban J connectivity index is 2.24. The van der Waals surface area contributed by atoms with Gasteiger partial charge in [0.2, 0.25) is 5.91 Å². The summed E-state index contributed by atoms with van der Waals surface area (Å²) in [6.45, 7) is 1.59. The van der Waals surface area contributed by atoms with Gasteiger partial charge in [-0.2, -0.15) is 0 Å². The lowest BCUT2D eigenvalue weighted by Gasteiger charge is -2.15. The van der Waals surface area contributed by atoms with E-state index >= 15 is 0 Å². The minimum Gasteiger partial charge on any atom is -0.392 e. The summed E-state index contributed by atoms with van der Waals surface area (Å²) in [5.74, 6) is -0.689. The average molecular weight is 265 g/mol. The largest absolute Gasteiger partial charge is 0.392 e. The molecule has 0 spiro atoms. The van der Waals surface area contributed by atoms with Crippen molar-refractivity contribution in [3.8, 4) is 0 Å². The summed E-state index contributed by atoms with van der Waals surface area (Å²) in [5.41, 5.74) is 5.64. The number of nitrogens with zero attached hydrogens (tertiary/aromatic N) is 2. The van der Waals surface area contributed by atoms with Crippen LogP contribution in [-0.4, -0.2) is 40.0 Å². The first-order valence-corrected chi connectivity index (χ1v) is 5.95. The third-order valence-electron chi connectivity index (χ3n) is 3.21. The quantitative estimate of drug-likeness (QED) is 0.599. The van der Waals surface area contributed by atoms with Gasteiger partial charge in [0.05, 0.1) is 11.0 Å². The fraction of sp³-hybridized carbons (Fsp3) is 0.417. The summed E-state index contributed by atoms with van der Waals surface area (Å²) in [7, 11) is 0. The van der Waals surface area contributed by atoms with Crippen LogP contribution in [0.1, 0.15) is 22.3 Å². The monoisotopic (exact) mass is 265 g/mol. The molecule has 1 saturated heterocycles. The van der Waals surface area contributed by atoms with Crippen molar-refractivity contribution in [3.63, 3.8) is 0 Å². The lowest BCUT2D eigenvalue weighted by atomic mass is 10.1. The molecule has 1 amide bonds. The summed E-state index contributed by atoms with van der Waals surface area (Å²) in [6.07, 6.45) is 0.302. The predicted octanol–water partition coefficient (Wildman–Crippen LogP) is 0.260. The Labute approximate surface area is 109 Å². The van der Waals surface area contributed by atoms with Crippen LogP contribution in [0.2, 0.25) is 0 Å². The number of likely N-dealkylation sites (tertiary alicyclic amines) is 1. The Morgan fingerprint density at radius 1 is 1.58 bits per heavy atom. The average Bonchev–Trinajstić information content (AvgIpc) is 2.74. The molecule has 0 radical (unpaired) electrons. The number of carbonyl (C=O) groups is 1. The molecule has 1 fully saturated rings. The summed E-state index contributed by atoms with van der Waals surface area (Å²) >= 11 is 0. The van der Waals surface area contributed by atoms with Crippen LogP contribution in [0.25, 0.3) is 0 Å². The van der Waals surface area contributed by atoms with Gasteiger partial charge in [0.1, 0.15) is 0 Å². The van der Waals surface area contributed by atoms with Crippen molar-refractivity contribution in [1.82, 2.24) is 4.90 Å². The standard InChI is InChI=1S/C12H15N3O4/c13-12(17)8-1-2-9(11(5-8)15(18)19)6-14-4-3-10(16)7-14/h1-2,5,10,16H,3-4,6-7H2,(H2,13,17)/t10-/m0/s1. The van der Waals surface area contributed by atoms with Crippen molar-refractivity contribution in [2.75, 3.05) is 13.1 Å². The number of hydrogen-bond donors (Lipinski definition) is 2. The highest BCUT2D eigenvalue weighted by atomic mass is 16.6. The van der Waals surface area contributed by atoms with Crippen molar-refractivity contribution < 1.29 is 14.8 Å². The van der Waals surface area contributed by atoms with E-state index in [9.17, 15) is 20.0 Å². The maximum atomic E-state index is 11.0. The predicted molar refractivity (Wildman–Crippen MR) is 67.5 cm³/mol. The van der Waals surface area contributed by atoms with Gasteiger partial charge in [0.25, 0.3) is 5.69 Å². The molecule has 1 aliphatic rings. The first-order chi connectivity index (χ1) is 8.97. The Hall–Kier alpha value is -1.99. The van der Waals surface area contributed by atoms with Crippen LogP contribution in [0.3, 0.4) is 0 Å². The molecule has 19 heavy (non-hydrogen) atoms. The topological polar surface area (TPSA) is 110 Å². The molecule has 1 heterocycles. The molecule has 0 aliphatic carbocycles. The molecular weight excluding hydrogens is 250 g/mol. The first kappa shape index (κ1) is 13.4. The number of nitro groups is 1. The molecule has 1 aromatic rings. The summed E-state index contributed by atoms with van der Waals surface area (Å²) in [5, 5.41) is 20.5. The smallest absolute Gasteiger partial charge is 0.274 e. The Kier molecular flexibility index (Phi) is 3.77. The lowest BCUT2D eigenvalue weighted by Crippen LogP contribution is -2.22. The highest BCUT2D eigenvalue weighted by Gasteiger charge is 2.24. The Bertz CT molecular complexity index is 518. The van der Waals surface area contributed by atoms with E-state index in [1.54, 1.807) is 6.07 Å². The molecule has 1 aliphatic heterocycles. The number of aliphatic hydroxyl groups is 1. The molecule has 7 nitrogen and oxygen atoms in total. The van der Waals surface area contributed by atoms with Gasteiger partial charge in [-0.15, -0.1) is 0 Å². The molecule has 2 rings (SSSR count). The van der Waals surface area contributed by atoms with Crippen LogP contribution < -0.4 is 5.73 Å². The summed E-state index contributed by atoms with van der Waals surface area (Å²) in [4.78, 5) is 23.5. The number of rotatable bonds is 4. The number of benzene rings is 1. The van der Waals surface area contributed by atoms with E-state index in [1.165, 1.54) is 12.1 Å². The molecule has 0 unspecified atom stereocenters. The van der Waals surface area contributed by atoms with E-state index in [1.807, 2.05) is 4.90 Å². The number of nitrogens with two attached hydrogens (primary N) is 1. The number of aliphatic hydroxyl groups excluding tert-OH is 1. The maximum absolute atomic E-state index is 11.0. The van der Waals surface area contributed by atoms with Crippen molar-refractivity contribution >= 4 is 11.6 Å². The second-order valence-corrected chi connectivity index (χ2v) is 4.64. The molecule has 1 aromatic carbocycles. The van der Waals surface area contributed by atoms with Crippen LogP contribution in [0.4, 0.5) is 5.69 Å². The van der Waals surface area contributed by atoms with E-state index in [0.29, 0.717) is 31.6 Å². The fourth-order valence-electron chi connectivity index (χ4n) is 2.22. The van der Waals surface area contributed by atoms with Gasteiger partial charge < -0.3 is 10.8 Å². The van der Waals surface area contributed by atoms with Crippen LogP contribution in [0.15, 0.2) is 18.2 Å². The molecule has 102 valence electrons. The fourth-order valence-corrected chi connectivity index (χ4v) is 2.22. The molecule has 3 N–H and O–H groups in total. The van der Waals surface area contributed by atoms with Crippen LogP contribution in [0, 0.1) is 10.1 Å².